The largest absolute Gasteiger partial charge is 0.452 e. The van der Waals surface area contributed by atoms with E-state index in [1.165, 1.54) is 12.1 Å². The Kier molecular flexibility index (Phi) is 6.39. The van der Waals surface area contributed by atoms with Crippen LogP contribution in [0, 0.1) is 6.92 Å². The van der Waals surface area contributed by atoms with E-state index in [0.717, 1.165) is 16.8 Å². The predicted molar refractivity (Wildman–Crippen MR) is 98.4 cm³/mol. The highest BCUT2D eigenvalue weighted by Gasteiger charge is 2.15. The van der Waals surface area contributed by atoms with Gasteiger partial charge < -0.3 is 10.1 Å². The van der Waals surface area contributed by atoms with Crippen LogP contribution in [0.1, 0.15) is 41.3 Å². The molecule has 0 aliphatic rings. The van der Waals surface area contributed by atoms with E-state index in [9.17, 15) is 9.59 Å². The van der Waals surface area contributed by atoms with Crippen molar-refractivity contribution in [3.8, 4) is 0 Å². The zero-order valence-electron chi connectivity index (χ0n) is 14.1. The van der Waals surface area contributed by atoms with Crippen molar-refractivity contribution in [3.63, 3.8) is 0 Å². The van der Waals surface area contributed by atoms with Crippen molar-refractivity contribution in [2.24, 2.45) is 0 Å². The van der Waals surface area contributed by atoms with Crippen LogP contribution in [0.15, 0.2) is 30.3 Å². The normalized spacial score (nSPS) is 10.6. The Labute approximate surface area is 156 Å². The van der Waals surface area contributed by atoms with E-state index in [1.54, 1.807) is 0 Å². The number of rotatable bonds is 5. The molecule has 0 radical (unpaired) electrons. The Hall–Kier alpha value is -2.11. The summed E-state index contributed by atoms with van der Waals surface area (Å²) in [5.74, 6) is -0.870. The van der Waals surface area contributed by atoms with Crippen molar-refractivity contribution in [2.45, 2.75) is 26.7 Å². The molecule has 1 heterocycles. The van der Waals surface area contributed by atoms with Crippen molar-refractivity contribution in [2.75, 3.05) is 11.9 Å². The zero-order chi connectivity index (χ0) is 18.6. The molecule has 0 unspecified atom stereocenters. The average molecular weight is 381 g/mol. The van der Waals surface area contributed by atoms with Crippen LogP contribution in [0.25, 0.3) is 0 Å². The minimum absolute atomic E-state index is 0.0744. The Morgan fingerprint density at radius 2 is 1.84 bits per heavy atom. The first kappa shape index (κ1) is 19.2. The maximum atomic E-state index is 12.2. The number of hydrogen-bond acceptors (Lipinski definition) is 4. The van der Waals surface area contributed by atoms with Crippen molar-refractivity contribution in [3.05, 3.63) is 57.3 Å². The first-order valence-electron chi connectivity index (χ1n) is 7.67. The van der Waals surface area contributed by atoms with Crippen molar-refractivity contribution in [1.29, 1.82) is 0 Å². The molecule has 0 spiro atoms. The van der Waals surface area contributed by atoms with Crippen LogP contribution in [0.3, 0.4) is 0 Å². The Morgan fingerprint density at radius 1 is 1.20 bits per heavy atom. The van der Waals surface area contributed by atoms with Gasteiger partial charge in [0.2, 0.25) is 0 Å². The number of carbonyl (C=O) groups excluding carboxylic acids is 2. The SMILES string of the molecule is Cc1cccc(C(C)C)c1NC(=O)COC(=O)c1cc(Cl)nc(Cl)c1. The number of hydrogen-bond donors (Lipinski definition) is 1. The van der Waals surface area contributed by atoms with Gasteiger partial charge in [-0.25, -0.2) is 9.78 Å². The van der Waals surface area contributed by atoms with Crippen LogP contribution in [-0.2, 0) is 9.53 Å². The molecular weight excluding hydrogens is 363 g/mol. The van der Waals surface area contributed by atoms with Gasteiger partial charge in [-0.3, -0.25) is 4.79 Å². The number of pyridine rings is 1. The quantitative estimate of drug-likeness (QED) is 0.606. The van der Waals surface area contributed by atoms with E-state index < -0.39 is 18.5 Å². The highest BCUT2D eigenvalue weighted by molar-refractivity contribution is 6.32. The van der Waals surface area contributed by atoms with E-state index in [1.807, 2.05) is 39.0 Å². The van der Waals surface area contributed by atoms with Gasteiger partial charge >= 0.3 is 5.97 Å². The number of amides is 1. The van der Waals surface area contributed by atoms with Crippen LogP contribution in [-0.4, -0.2) is 23.5 Å². The van der Waals surface area contributed by atoms with Gasteiger partial charge in [0.25, 0.3) is 5.91 Å². The zero-order valence-corrected chi connectivity index (χ0v) is 15.6. The van der Waals surface area contributed by atoms with Gasteiger partial charge in [-0.1, -0.05) is 55.2 Å². The molecule has 0 saturated carbocycles. The van der Waals surface area contributed by atoms with E-state index in [2.05, 4.69) is 10.3 Å². The molecule has 0 saturated heterocycles. The summed E-state index contributed by atoms with van der Waals surface area (Å²) < 4.78 is 5.02. The fraction of sp³-hybridized carbons (Fsp3) is 0.278. The number of para-hydroxylation sites is 1. The predicted octanol–water partition coefficient (Wildman–Crippen LogP) is 4.62. The number of nitrogens with one attached hydrogen (secondary N) is 1. The maximum Gasteiger partial charge on any atom is 0.338 e. The first-order valence-corrected chi connectivity index (χ1v) is 8.43. The van der Waals surface area contributed by atoms with Gasteiger partial charge in [0.15, 0.2) is 6.61 Å². The number of aryl methyl sites for hydroxylation is 1. The van der Waals surface area contributed by atoms with Gasteiger partial charge in [-0.2, -0.15) is 0 Å². The molecule has 0 fully saturated rings. The smallest absolute Gasteiger partial charge is 0.338 e. The summed E-state index contributed by atoms with van der Waals surface area (Å²) in [6.07, 6.45) is 0. The first-order chi connectivity index (χ1) is 11.8. The van der Waals surface area contributed by atoms with Gasteiger partial charge in [0.1, 0.15) is 10.3 Å². The maximum absolute atomic E-state index is 12.2. The van der Waals surface area contributed by atoms with E-state index in [4.69, 9.17) is 27.9 Å². The lowest BCUT2D eigenvalue weighted by Crippen LogP contribution is -2.22. The highest BCUT2D eigenvalue weighted by Crippen LogP contribution is 2.27. The van der Waals surface area contributed by atoms with E-state index in [0.29, 0.717) is 0 Å². The Morgan fingerprint density at radius 3 is 2.44 bits per heavy atom. The number of nitrogens with zero attached hydrogens (tertiary/aromatic N) is 1. The Balaban J connectivity index is 2.03. The fourth-order valence-corrected chi connectivity index (χ4v) is 2.78. The lowest BCUT2D eigenvalue weighted by atomic mass is 9.98. The molecule has 0 aliphatic carbocycles. The molecule has 2 rings (SSSR count). The van der Waals surface area contributed by atoms with Crippen LogP contribution >= 0.6 is 23.2 Å². The highest BCUT2D eigenvalue weighted by atomic mass is 35.5. The van der Waals surface area contributed by atoms with Gasteiger partial charge in [-0.15, -0.1) is 0 Å². The number of aromatic nitrogens is 1. The Bertz CT molecular complexity index is 787. The molecule has 0 atom stereocenters. The monoisotopic (exact) mass is 380 g/mol. The third-order valence-corrected chi connectivity index (χ3v) is 3.91. The molecule has 2 aromatic rings. The molecule has 5 nitrogen and oxygen atoms in total. The molecule has 0 bridgehead atoms. The van der Waals surface area contributed by atoms with Crippen LogP contribution in [0.5, 0.6) is 0 Å². The van der Waals surface area contributed by atoms with Gasteiger partial charge in [0.05, 0.1) is 5.56 Å². The molecule has 0 aliphatic heterocycles. The number of benzene rings is 1. The number of esters is 1. The van der Waals surface area contributed by atoms with Crippen LogP contribution in [0.4, 0.5) is 5.69 Å². The molecule has 1 aromatic heterocycles. The summed E-state index contributed by atoms with van der Waals surface area (Å²) in [4.78, 5) is 27.9. The summed E-state index contributed by atoms with van der Waals surface area (Å²) in [5, 5.41) is 2.96. The van der Waals surface area contributed by atoms with E-state index >= 15 is 0 Å². The number of halogens is 2. The molecule has 1 N–H and O–H groups in total. The topological polar surface area (TPSA) is 68.3 Å². The second-order valence-corrected chi connectivity index (χ2v) is 6.59. The molecule has 1 aromatic carbocycles. The lowest BCUT2D eigenvalue weighted by molar-refractivity contribution is -0.119. The second-order valence-electron chi connectivity index (χ2n) is 5.82. The minimum Gasteiger partial charge on any atom is -0.452 e. The summed E-state index contributed by atoms with van der Waals surface area (Å²) >= 11 is 11.5. The van der Waals surface area contributed by atoms with Crippen molar-refractivity contribution >= 4 is 40.8 Å². The summed E-state index contributed by atoms with van der Waals surface area (Å²) in [6, 6.07) is 8.46. The number of anilines is 1. The molecule has 132 valence electrons. The summed E-state index contributed by atoms with van der Waals surface area (Å²) in [6.45, 7) is 5.58. The molecule has 1 amide bonds. The molecule has 25 heavy (non-hydrogen) atoms. The number of carbonyl (C=O) groups is 2. The molecule has 7 heteroatoms. The van der Waals surface area contributed by atoms with E-state index in [-0.39, 0.29) is 21.8 Å². The summed E-state index contributed by atoms with van der Waals surface area (Å²) in [5.41, 5.74) is 2.84. The molecular formula is C18H18Cl2N2O3. The second kappa shape index (κ2) is 8.32. The van der Waals surface area contributed by atoms with Crippen LogP contribution in [0.2, 0.25) is 10.3 Å². The van der Waals surface area contributed by atoms with Crippen LogP contribution < -0.4 is 5.32 Å². The van der Waals surface area contributed by atoms with Crippen molar-refractivity contribution in [1.82, 2.24) is 4.98 Å². The number of ether oxygens (including phenoxy) is 1. The summed E-state index contributed by atoms with van der Waals surface area (Å²) in [7, 11) is 0. The standard InChI is InChI=1S/C18H18Cl2N2O3/c1-10(2)13-6-4-5-11(3)17(13)22-16(23)9-25-18(24)12-7-14(19)21-15(20)8-12/h4-8,10H,9H2,1-3H3,(H,22,23). The third kappa shape index (κ3) is 5.18. The fourth-order valence-electron chi connectivity index (χ4n) is 2.32. The third-order valence-electron chi connectivity index (χ3n) is 3.52. The average Bonchev–Trinajstić information content (AvgIpc) is 2.53. The van der Waals surface area contributed by atoms with Gasteiger partial charge in [-0.05, 0) is 36.1 Å². The van der Waals surface area contributed by atoms with Gasteiger partial charge in [0, 0.05) is 5.69 Å². The lowest BCUT2D eigenvalue weighted by Gasteiger charge is -2.16. The van der Waals surface area contributed by atoms with Crippen molar-refractivity contribution < 1.29 is 14.3 Å². The minimum atomic E-state index is -0.699.